The van der Waals surface area contributed by atoms with Gasteiger partial charge in [-0.25, -0.2) is 0 Å². The Bertz CT molecular complexity index is 104. The minimum absolute atomic E-state index is 0. The number of halogens is 1. The standard InChI is InChI=1S/Ag.HI.Li.Mg.H2O4S/c;;;;1-5(2,3)4/h;1H;;;(H2,1,2,3,4)/q+1;;+1;+2;/p-3. The minimum atomic E-state index is -5.17. The Labute approximate surface area is 104 Å². The van der Waals surface area contributed by atoms with Crippen LogP contribution in [0.4, 0.5) is 0 Å². The molecular formula is AgILiMgO4S+. The molecule has 0 radical (unpaired) electrons. The molecule has 0 aliphatic heterocycles. The van der Waals surface area contributed by atoms with Crippen LogP contribution in [0.2, 0.25) is 0 Å². The molecule has 4 nitrogen and oxygen atoms in total. The quantitative estimate of drug-likeness (QED) is 0.191. The summed E-state index contributed by atoms with van der Waals surface area (Å²) in [4.78, 5) is 0. The van der Waals surface area contributed by atoms with Gasteiger partial charge in [0, 0.05) is 10.4 Å². The Morgan fingerprint density at radius 2 is 1.22 bits per heavy atom. The maximum atomic E-state index is 8.52. The molecule has 0 aliphatic rings. The van der Waals surface area contributed by atoms with Crippen molar-refractivity contribution in [3.05, 3.63) is 0 Å². The van der Waals surface area contributed by atoms with Gasteiger partial charge in [0.15, 0.2) is 0 Å². The Morgan fingerprint density at radius 1 is 1.22 bits per heavy atom. The monoisotopic (exact) mass is 361 g/mol. The van der Waals surface area contributed by atoms with Crippen molar-refractivity contribution in [2.45, 2.75) is 0 Å². The minimum Gasteiger partial charge on any atom is 1.00 e. The van der Waals surface area contributed by atoms with E-state index in [1.165, 1.54) is 0 Å². The van der Waals surface area contributed by atoms with E-state index >= 15 is 0 Å². The van der Waals surface area contributed by atoms with E-state index < -0.39 is 10.4 Å². The van der Waals surface area contributed by atoms with Crippen molar-refractivity contribution in [1.29, 1.82) is 0 Å². The van der Waals surface area contributed by atoms with E-state index in [9.17, 15) is 0 Å². The zero-order chi connectivity index (χ0) is 6.50. The summed E-state index contributed by atoms with van der Waals surface area (Å²) in [6.45, 7) is 0. The van der Waals surface area contributed by atoms with Crippen molar-refractivity contribution >= 4 is 52.5 Å². The first-order chi connectivity index (χ1) is 3.00. The van der Waals surface area contributed by atoms with Gasteiger partial charge in [0.05, 0.1) is 0 Å². The van der Waals surface area contributed by atoms with Crippen molar-refractivity contribution in [3.8, 4) is 0 Å². The molecular weight excluding hydrogens is 362 g/mol. The largest absolute Gasteiger partial charge is 2.00 e. The molecule has 0 fully saturated rings. The predicted octanol–water partition coefficient (Wildman–Crippen LogP) is -3.83. The van der Waals surface area contributed by atoms with E-state index in [0.29, 0.717) is 0 Å². The van der Waals surface area contributed by atoms with Crippen LogP contribution in [0.25, 0.3) is 0 Å². The van der Waals surface area contributed by atoms with Gasteiger partial charge in [0.1, 0.15) is 0 Å². The zero-order valence-corrected chi connectivity index (χ0v) is 10.3. The van der Waals surface area contributed by atoms with Crippen molar-refractivity contribution in [3.63, 3.8) is 0 Å². The third-order valence-corrected chi connectivity index (χ3v) is 0. The second-order valence-electron chi connectivity index (χ2n) is 0.408. The Hall–Kier alpha value is 2.70. The van der Waals surface area contributed by atoms with Gasteiger partial charge in [-0.15, -0.1) is 0 Å². The van der Waals surface area contributed by atoms with Crippen molar-refractivity contribution in [1.82, 2.24) is 0 Å². The van der Waals surface area contributed by atoms with Crippen LogP contribution in [0.1, 0.15) is 0 Å². The average molecular weight is 362 g/mol. The summed E-state index contributed by atoms with van der Waals surface area (Å²) in [6.07, 6.45) is 0. The molecule has 0 aliphatic carbocycles. The van der Waals surface area contributed by atoms with Gasteiger partial charge in [-0.2, -0.15) is 0 Å². The van der Waals surface area contributed by atoms with E-state index in [1.54, 1.807) is 0 Å². The zero-order valence-electron chi connectivity index (χ0n) is 4.43. The van der Waals surface area contributed by atoms with E-state index in [1.807, 2.05) is 19.0 Å². The molecule has 0 N–H and O–H groups in total. The van der Waals surface area contributed by atoms with Crippen LogP contribution in [0.5, 0.6) is 0 Å². The first-order valence-corrected chi connectivity index (χ1v) is 6.52. The molecule has 0 bridgehead atoms. The molecule has 0 heterocycles. The predicted molar refractivity (Wildman–Crippen MR) is 30.2 cm³/mol. The first kappa shape index (κ1) is 22.6. The molecule has 50 valence electrons. The summed E-state index contributed by atoms with van der Waals surface area (Å²) in [5.74, 6) is 0. The second-order valence-corrected chi connectivity index (χ2v) is 1.22. The molecule has 9 heteroatoms. The molecule has 0 saturated heterocycles. The van der Waals surface area contributed by atoms with Crippen molar-refractivity contribution in [2.75, 3.05) is 0 Å². The van der Waals surface area contributed by atoms with E-state index in [2.05, 4.69) is 17.3 Å². The van der Waals surface area contributed by atoms with Crippen LogP contribution < -0.4 is 18.9 Å². The molecule has 0 rings (SSSR count). The van der Waals surface area contributed by atoms with E-state index in [-0.39, 0.29) is 41.9 Å². The molecule has 0 aromatic rings. The Balaban J connectivity index is -0.0000000286. The fourth-order valence-corrected chi connectivity index (χ4v) is 0. The fourth-order valence-electron chi connectivity index (χ4n) is 0. The SMILES string of the molecule is O=S(=O)([O-])[O-].[Ag][I].[Li+].[Mg+2]. The summed E-state index contributed by atoms with van der Waals surface area (Å²) in [5, 5.41) is 0. The average Bonchev–Trinajstić information content (AvgIpc) is 1.36. The van der Waals surface area contributed by atoms with Crippen LogP contribution >= 0.6 is 19.0 Å². The summed E-state index contributed by atoms with van der Waals surface area (Å²) in [7, 11) is -5.17. The van der Waals surface area contributed by atoms with Crippen molar-refractivity contribution < 1.29 is 53.6 Å². The molecule has 0 amide bonds. The summed E-state index contributed by atoms with van der Waals surface area (Å²) < 4.78 is 34.1. The topological polar surface area (TPSA) is 80.3 Å². The van der Waals surface area contributed by atoms with Crippen LogP contribution in [-0.4, -0.2) is 40.6 Å². The van der Waals surface area contributed by atoms with Crippen LogP contribution in [-0.2, 0) is 27.7 Å². The van der Waals surface area contributed by atoms with Gasteiger partial charge in [-0.3, -0.25) is 8.42 Å². The van der Waals surface area contributed by atoms with Crippen LogP contribution in [0.3, 0.4) is 0 Å². The van der Waals surface area contributed by atoms with Gasteiger partial charge < -0.3 is 9.11 Å². The van der Waals surface area contributed by atoms with Gasteiger partial charge in [0.25, 0.3) is 0 Å². The number of rotatable bonds is 0. The molecule has 0 aromatic heterocycles. The van der Waals surface area contributed by atoms with Crippen molar-refractivity contribution in [2.24, 2.45) is 0 Å². The number of hydrogen-bond donors (Lipinski definition) is 0. The van der Waals surface area contributed by atoms with Gasteiger partial charge in [0.2, 0.25) is 0 Å². The normalized spacial score (nSPS) is 7.22. The third-order valence-electron chi connectivity index (χ3n) is 0. The third kappa shape index (κ3) is 111. The first-order valence-electron chi connectivity index (χ1n) is 0.781. The summed E-state index contributed by atoms with van der Waals surface area (Å²) in [5.41, 5.74) is 0. The molecule has 0 atom stereocenters. The molecule has 0 aromatic carbocycles. The van der Waals surface area contributed by atoms with E-state index in [0.717, 1.165) is 0 Å². The smallest absolute Gasteiger partial charge is 1.00 e. The van der Waals surface area contributed by atoms with Gasteiger partial charge in [-0.05, 0) is 0 Å². The Morgan fingerprint density at radius 3 is 1.22 bits per heavy atom. The summed E-state index contributed by atoms with van der Waals surface area (Å²) in [6, 6.07) is 0. The van der Waals surface area contributed by atoms with Gasteiger partial charge in [-0.1, -0.05) is 0 Å². The molecule has 0 saturated carbocycles. The molecule has 9 heavy (non-hydrogen) atoms. The number of hydrogen-bond acceptors (Lipinski definition) is 4. The van der Waals surface area contributed by atoms with Crippen LogP contribution in [0.15, 0.2) is 0 Å². The summed E-state index contributed by atoms with van der Waals surface area (Å²) >= 11 is 4.88. The maximum Gasteiger partial charge on any atom is 2.00 e. The molecule has 0 spiro atoms. The fraction of sp³-hybridized carbons (Fsp3) is 0. The van der Waals surface area contributed by atoms with E-state index in [4.69, 9.17) is 17.5 Å². The molecule has 0 unspecified atom stereocenters. The van der Waals surface area contributed by atoms with Crippen LogP contribution in [0, 0.1) is 0 Å². The van der Waals surface area contributed by atoms with Gasteiger partial charge >= 0.3 is 78.2 Å². The Kier molecular flexibility index (Phi) is 33.4. The second kappa shape index (κ2) is 13.3. The maximum absolute atomic E-state index is 8.52.